The van der Waals surface area contributed by atoms with Gasteiger partial charge in [0.1, 0.15) is 0 Å². The lowest BCUT2D eigenvalue weighted by atomic mass is 9.91. The molecule has 1 aliphatic carbocycles. The molecule has 3 heteroatoms. The van der Waals surface area contributed by atoms with Gasteiger partial charge in [-0.2, -0.15) is 0 Å². The van der Waals surface area contributed by atoms with E-state index in [2.05, 4.69) is 23.0 Å². The number of nitrogens with zero attached hydrogens (tertiary/aromatic N) is 2. The summed E-state index contributed by atoms with van der Waals surface area (Å²) >= 11 is 0. The number of anilines is 1. The summed E-state index contributed by atoms with van der Waals surface area (Å²) in [7, 11) is 2.16. The fourth-order valence-corrected chi connectivity index (χ4v) is 2.03. The standard InChI is InChI=1S/C12H19N3/c1-9-6-12(10(7-13)8-14-9)15(2)11-4-3-5-11/h6,8,11H,3-5,7,13H2,1-2H3. The van der Waals surface area contributed by atoms with Gasteiger partial charge in [0.05, 0.1) is 0 Å². The van der Waals surface area contributed by atoms with E-state index in [1.54, 1.807) is 0 Å². The zero-order valence-corrected chi connectivity index (χ0v) is 9.53. The first kappa shape index (κ1) is 10.4. The van der Waals surface area contributed by atoms with Crippen LogP contribution in [0.1, 0.15) is 30.5 Å². The Morgan fingerprint density at radius 3 is 2.80 bits per heavy atom. The number of nitrogens with two attached hydrogens (primary N) is 1. The average Bonchev–Trinajstić information content (AvgIpc) is 2.15. The van der Waals surface area contributed by atoms with Crippen LogP contribution in [0.5, 0.6) is 0 Å². The highest BCUT2D eigenvalue weighted by Gasteiger charge is 2.23. The van der Waals surface area contributed by atoms with Crippen molar-refractivity contribution < 1.29 is 0 Å². The van der Waals surface area contributed by atoms with Crippen LogP contribution in [0.3, 0.4) is 0 Å². The molecule has 82 valence electrons. The minimum Gasteiger partial charge on any atom is -0.371 e. The van der Waals surface area contributed by atoms with E-state index in [0.29, 0.717) is 12.6 Å². The van der Waals surface area contributed by atoms with Crippen LogP contribution in [0.15, 0.2) is 12.3 Å². The predicted octanol–water partition coefficient (Wildman–Crippen LogP) is 1.84. The molecule has 0 spiro atoms. The van der Waals surface area contributed by atoms with Gasteiger partial charge in [-0.25, -0.2) is 0 Å². The van der Waals surface area contributed by atoms with Crippen LogP contribution in [0.4, 0.5) is 5.69 Å². The quantitative estimate of drug-likeness (QED) is 0.818. The highest BCUT2D eigenvalue weighted by atomic mass is 15.1. The minimum atomic E-state index is 0.569. The highest BCUT2D eigenvalue weighted by molar-refractivity contribution is 5.54. The summed E-state index contributed by atoms with van der Waals surface area (Å²) < 4.78 is 0. The van der Waals surface area contributed by atoms with Crippen molar-refractivity contribution in [1.82, 2.24) is 4.98 Å². The average molecular weight is 205 g/mol. The van der Waals surface area contributed by atoms with Gasteiger partial charge < -0.3 is 10.6 Å². The zero-order chi connectivity index (χ0) is 10.8. The van der Waals surface area contributed by atoms with Crippen molar-refractivity contribution in [3.8, 4) is 0 Å². The molecule has 2 rings (SSSR count). The Morgan fingerprint density at radius 2 is 2.27 bits per heavy atom. The third kappa shape index (κ3) is 1.97. The second-order valence-corrected chi connectivity index (χ2v) is 4.35. The molecule has 0 aliphatic heterocycles. The Labute approximate surface area is 91.3 Å². The molecule has 0 amide bonds. The summed E-state index contributed by atoms with van der Waals surface area (Å²) in [4.78, 5) is 6.65. The molecule has 0 atom stereocenters. The van der Waals surface area contributed by atoms with Gasteiger partial charge in [-0.3, -0.25) is 4.98 Å². The lowest BCUT2D eigenvalue weighted by molar-refractivity contribution is 0.400. The Balaban J connectivity index is 2.27. The van der Waals surface area contributed by atoms with Crippen LogP contribution >= 0.6 is 0 Å². The smallest absolute Gasteiger partial charge is 0.0445 e. The molecule has 1 heterocycles. The van der Waals surface area contributed by atoms with Crippen molar-refractivity contribution in [2.24, 2.45) is 5.73 Å². The van der Waals surface area contributed by atoms with E-state index in [9.17, 15) is 0 Å². The molecular weight excluding hydrogens is 186 g/mol. The number of rotatable bonds is 3. The fourth-order valence-electron chi connectivity index (χ4n) is 2.03. The summed E-state index contributed by atoms with van der Waals surface area (Å²) in [5, 5.41) is 0. The topological polar surface area (TPSA) is 42.1 Å². The molecule has 1 aromatic rings. The van der Waals surface area contributed by atoms with E-state index >= 15 is 0 Å². The van der Waals surface area contributed by atoms with Crippen molar-refractivity contribution in [3.05, 3.63) is 23.5 Å². The van der Waals surface area contributed by atoms with E-state index in [1.807, 2.05) is 13.1 Å². The molecule has 3 nitrogen and oxygen atoms in total. The summed E-state index contributed by atoms with van der Waals surface area (Å²) in [6, 6.07) is 2.85. The first-order valence-electron chi connectivity index (χ1n) is 5.61. The van der Waals surface area contributed by atoms with Gasteiger partial charge in [0.15, 0.2) is 0 Å². The van der Waals surface area contributed by atoms with E-state index < -0.39 is 0 Å². The molecule has 0 aromatic carbocycles. The van der Waals surface area contributed by atoms with Crippen LogP contribution in [0.25, 0.3) is 0 Å². The fraction of sp³-hybridized carbons (Fsp3) is 0.583. The van der Waals surface area contributed by atoms with Crippen LogP contribution in [0, 0.1) is 6.92 Å². The van der Waals surface area contributed by atoms with Gasteiger partial charge in [-0.05, 0) is 32.3 Å². The third-order valence-electron chi connectivity index (χ3n) is 3.32. The lowest BCUT2D eigenvalue weighted by Crippen LogP contribution is -2.37. The number of hydrogen-bond donors (Lipinski definition) is 1. The van der Waals surface area contributed by atoms with Gasteiger partial charge in [0.2, 0.25) is 0 Å². The van der Waals surface area contributed by atoms with Gasteiger partial charge in [0, 0.05) is 42.8 Å². The summed E-state index contributed by atoms with van der Waals surface area (Å²) in [6.45, 7) is 2.60. The number of aromatic nitrogens is 1. The number of pyridine rings is 1. The molecular formula is C12H19N3. The maximum atomic E-state index is 5.73. The number of hydrogen-bond acceptors (Lipinski definition) is 3. The van der Waals surface area contributed by atoms with Crippen LogP contribution < -0.4 is 10.6 Å². The molecule has 1 aromatic heterocycles. The minimum absolute atomic E-state index is 0.569. The van der Waals surface area contributed by atoms with Crippen molar-refractivity contribution >= 4 is 5.69 Å². The van der Waals surface area contributed by atoms with Gasteiger partial charge >= 0.3 is 0 Å². The number of aryl methyl sites for hydroxylation is 1. The van der Waals surface area contributed by atoms with Crippen molar-refractivity contribution in [3.63, 3.8) is 0 Å². The molecule has 0 radical (unpaired) electrons. The first-order chi connectivity index (χ1) is 7.22. The van der Waals surface area contributed by atoms with E-state index in [4.69, 9.17) is 5.73 Å². The SMILES string of the molecule is Cc1cc(N(C)C2CCC2)c(CN)cn1. The zero-order valence-electron chi connectivity index (χ0n) is 9.53. The lowest BCUT2D eigenvalue weighted by Gasteiger charge is -2.37. The van der Waals surface area contributed by atoms with Crippen molar-refractivity contribution in [2.75, 3.05) is 11.9 Å². The van der Waals surface area contributed by atoms with Crippen molar-refractivity contribution in [1.29, 1.82) is 0 Å². The Hall–Kier alpha value is -1.09. The summed E-state index contributed by atoms with van der Waals surface area (Å²) in [5.74, 6) is 0. The second-order valence-electron chi connectivity index (χ2n) is 4.35. The normalized spacial score (nSPS) is 16.2. The Morgan fingerprint density at radius 1 is 1.53 bits per heavy atom. The predicted molar refractivity (Wildman–Crippen MR) is 62.9 cm³/mol. The van der Waals surface area contributed by atoms with Gasteiger partial charge in [-0.15, -0.1) is 0 Å². The van der Waals surface area contributed by atoms with Gasteiger partial charge in [0.25, 0.3) is 0 Å². The molecule has 0 saturated heterocycles. The van der Waals surface area contributed by atoms with E-state index in [0.717, 1.165) is 11.3 Å². The largest absolute Gasteiger partial charge is 0.371 e. The maximum Gasteiger partial charge on any atom is 0.0445 e. The van der Waals surface area contributed by atoms with Crippen LogP contribution in [0.2, 0.25) is 0 Å². The molecule has 1 fully saturated rings. The third-order valence-corrected chi connectivity index (χ3v) is 3.32. The molecule has 1 aliphatic rings. The van der Waals surface area contributed by atoms with Crippen LogP contribution in [-0.4, -0.2) is 18.1 Å². The highest BCUT2D eigenvalue weighted by Crippen LogP contribution is 2.30. The molecule has 2 N–H and O–H groups in total. The Bertz CT molecular complexity index is 345. The Kier molecular flexibility index (Phi) is 2.91. The van der Waals surface area contributed by atoms with E-state index in [1.165, 1.54) is 24.9 Å². The molecule has 0 bridgehead atoms. The van der Waals surface area contributed by atoms with Crippen molar-refractivity contribution in [2.45, 2.75) is 38.8 Å². The van der Waals surface area contributed by atoms with E-state index in [-0.39, 0.29) is 0 Å². The first-order valence-corrected chi connectivity index (χ1v) is 5.61. The summed E-state index contributed by atoms with van der Waals surface area (Å²) in [5.41, 5.74) is 9.20. The maximum absolute atomic E-state index is 5.73. The monoisotopic (exact) mass is 205 g/mol. The molecule has 15 heavy (non-hydrogen) atoms. The van der Waals surface area contributed by atoms with Gasteiger partial charge in [-0.1, -0.05) is 0 Å². The molecule has 0 unspecified atom stereocenters. The molecule has 1 saturated carbocycles. The summed E-state index contributed by atoms with van der Waals surface area (Å²) in [6.07, 6.45) is 5.88. The van der Waals surface area contributed by atoms with Crippen LogP contribution in [-0.2, 0) is 6.54 Å². The second kappa shape index (κ2) is 4.19.